The molecular formula is C14H12ClN3O2. The quantitative estimate of drug-likeness (QED) is 0.727. The second-order valence-electron chi connectivity index (χ2n) is 4.30. The number of hydrogen-bond donors (Lipinski definition) is 2. The summed E-state index contributed by atoms with van der Waals surface area (Å²) in [5, 5.41) is 10.7. The molecule has 102 valence electrons. The highest BCUT2D eigenvalue weighted by atomic mass is 35.5. The molecule has 0 saturated heterocycles. The van der Waals surface area contributed by atoms with Gasteiger partial charge in [0, 0.05) is 0 Å². The maximum absolute atomic E-state index is 10.3. The minimum Gasteiger partial charge on any atom is -0.497 e. The minimum absolute atomic E-state index is 0.381. The van der Waals surface area contributed by atoms with Crippen molar-refractivity contribution in [2.75, 3.05) is 7.11 Å². The van der Waals surface area contributed by atoms with Gasteiger partial charge in [-0.05, 0) is 29.8 Å². The van der Waals surface area contributed by atoms with Crippen molar-refractivity contribution in [2.24, 2.45) is 0 Å². The molecule has 1 unspecified atom stereocenters. The number of nitrogens with zero attached hydrogens (tertiary/aromatic N) is 2. The average Bonchev–Trinajstić information content (AvgIpc) is 2.89. The lowest BCUT2D eigenvalue weighted by molar-refractivity contribution is 0.211. The fourth-order valence-corrected chi connectivity index (χ4v) is 2.11. The van der Waals surface area contributed by atoms with Crippen LogP contribution in [0.15, 0.2) is 36.4 Å². The van der Waals surface area contributed by atoms with Crippen LogP contribution in [0.5, 0.6) is 5.75 Å². The third kappa shape index (κ3) is 2.33. The maximum Gasteiger partial charge on any atom is 0.159 e. The van der Waals surface area contributed by atoms with Gasteiger partial charge in [0.2, 0.25) is 0 Å². The maximum atomic E-state index is 10.3. The topological polar surface area (TPSA) is 71.0 Å². The number of ether oxygens (including phenoxy) is 1. The number of hydrogen-bond acceptors (Lipinski definition) is 4. The van der Waals surface area contributed by atoms with Crippen molar-refractivity contribution < 1.29 is 9.84 Å². The number of aromatic amines is 1. The smallest absolute Gasteiger partial charge is 0.159 e. The normalized spacial score (nSPS) is 12.6. The molecule has 0 fully saturated rings. The first-order valence-electron chi connectivity index (χ1n) is 6.01. The summed E-state index contributed by atoms with van der Waals surface area (Å²) >= 11 is 5.82. The Morgan fingerprint density at radius 1 is 1.15 bits per heavy atom. The Morgan fingerprint density at radius 2 is 1.90 bits per heavy atom. The Kier molecular flexibility index (Phi) is 3.30. The summed E-state index contributed by atoms with van der Waals surface area (Å²) in [7, 11) is 1.60. The summed E-state index contributed by atoms with van der Waals surface area (Å²) in [6, 6.07) is 10.6. The fourth-order valence-electron chi connectivity index (χ4n) is 1.96. The molecule has 3 aromatic rings. The van der Waals surface area contributed by atoms with E-state index in [4.69, 9.17) is 16.3 Å². The summed E-state index contributed by atoms with van der Waals surface area (Å²) in [6.45, 7) is 0. The molecule has 0 aliphatic heterocycles. The Morgan fingerprint density at radius 3 is 2.60 bits per heavy atom. The van der Waals surface area contributed by atoms with Gasteiger partial charge in [0.05, 0.1) is 7.11 Å². The molecule has 0 spiro atoms. The second kappa shape index (κ2) is 5.11. The lowest BCUT2D eigenvalue weighted by Crippen LogP contribution is -2.01. The third-order valence-electron chi connectivity index (χ3n) is 3.02. The van der Waals surface area contributed by atoms with Crippen LogP contribution in [0.2, 0.25) is 5.15 Å². The number of methoxy groups -OCH3 is 1. The fraction of sp³-hybridized carbons (Fsp3) is 0.143. The van der Waals surface area contributed by atoms with E-state index in [1.165, 1.54) is 0 Å². The van der Waals surface area contributed by atoms with Gasteiger partial charge in [-0.1, -0.05) is 23.7 Å². The lowest BCUT2D eigenvalue weighted by Gasteiger charge is -2.08. The molecule has 0 radical (unpaired) electrons. The van der Waals surface area contributed by atoms with Gasteiger partial charge >= 0.3 is 0 Å². The Balaban J connectivity index is 1.96. The van der Waals surface area contributed by atoms with Crippen LogP contribution < -0.4 is 4.74 Å². The molecule has 0 aliphatic rings. The van der Waals surface area contributed by atoms with E-state index in [1.54, 1.807) is 43.5 Å². The van der Waals surface area contributed by atoms with E-state index < -0.39 is 6.10 Å². The molecule has 6 heteroatoms. The van der Waals surface area contributed by atoms with E-state index in [2.05, 4.69) is 15.0 Å². The third-order valence-corrected chi connectivity index (χ3v) is 3.23. The van der Waals surface area contributed by atoms with Crippen molar-refractivity contribution in [3.63, 3.8) is 0 Å². The molecule has 2 heterocycles. The summed E-state index contributed by atoms with van der Waals surface area (Å²) in [6.07, 6.45) is -0.853. The highest BCUT2D eigenvalue weighted by Gasteiger charge is 2.15. The van der Waals surface area contributed by atoms with Crippen molar-refractivity contribution in [2.45, 2.75) is 6.10 Å². The van der Waals surface area contributed by atoms with Crippen LogP contribution in [0.25, 0.3) is 11.2 Å². The van der Waals surface area contributed by atoms with Gasteiger partial charge in [-0.25, -0.2) is 9.97 Å². The molecule has 0 aliphatic carbocycles. The number of aromatic nitrogens is 3. The standard InChI is InChI=1S/C14H12ClN3O2/c1-20-9-4-2-8(3-5-9)12(19)14-16-10-6-7-11(15)17-13(10)18-14/h2-7,12,19H,1H3,(H,16,17,18). The zero-order valence-electron chi connectivity index (χ0n) is 10.7. The zero-order valence-corrected chi connectivity index (χ0v) is 11.4. The van der Waals surface area contributed by atoms with Crippen LogP contribution in [0, 0.1) is 0 Å². The van der Waals surface area contributed by atoms with Crippen LogP contribution in [0.1, 0.15) is 17.5 Å². The molecule has 1 aromatic carbocycles. The largest absolute Gasteiger partial charge is 0.497 e. The zero-order chi connectivity index (χ0) is 14.1. The first-order chi connectivity index (χ1) is 9.67. The molecule has 3 rings (SSSR count). The van der Waals surface area contributed by atoms with Gasteiger partial charge in [-0.3, -0.25) is 0 Å². The molecule has 1 atom stereocenters. The summed E-state index contributed by atoms with van der Waals surface area (Å²) in [5.41, 5.74) is 1.94. The van der Waals surface area contributed by atoms with Crippen molar-refractivity contribution in [3.05, 3.63) is 52.9 Å². The van der Waals surface area contributed by atoms with Gasteiger partial charge in [0.25, 0.3) is 0 Å². The molecule has 0 amide bonds. The highest BCUT2D eigenvalue weighted by molar-refractivity contribution is 6.29. The molecule has 2 N–H and O–H groups in total. The van der Waals surface area contributed by atoms with Crippen molar-refractivity contribution in [1.29, 1.82) is 0 Å². The van der Waals surface area contributed by atoms with Gasteiger partial charge in [-0.15, -0.1) is 0 Å². The van der Waals surface area contributed by atoms with Crippen LogP contribution in [-0.4, -0.2) is 27.2 Å². The first-order valence-corrected chi connectivity index (χ1v) is 6.39. The highest BCUT2D eigenvalue weighted by Crippen LogP contribution is 2.24. The molecular weight excluding hydrogens is 278 g/mol. The molecule has 0 bridgehead atoms. The minimum atomic E-state index is -0.853. The van der Waals surface area contributed by atoms with Gasteiger partial charge < -0.3 is 14.8 Å². The molecule has 20 heavy (non-hydrogen) atoms. The predicted molar refractivity (Wildman–Crippen MR) is 76.0 cm³/mol. The van der Waals surface area contributed by atoms with Crippen LogP contribution in [-0.2, 0) is 0 Å². The van der Waals surface area contributed by atoms with Crippen molar-refractivity contribution in [1.82, 2.24) is 15.0 Å². The molecule has 5 nitrogen and oxygen atoms in total. The second-order valence-corrected chi connectivity index (χ2v) is 4.69. The van der Waals surface area contributed by atoms with E-state index in [0.29, 0.717) is 22.1 Å². The van der Waals surface area contributed by atoms with Crippen molar-refractivity contribution in [3.8, 4) is 5.75 Å². The summed E-state index contributed by atoms with van der Waals surface area (Å²) in [4.78, 5) is 11.4. The van der Waals surface area contributed by atoms with E-state index in [-0.39, 0.29) is 0 Å². The van der Waals surface area contributed by atoms with Crippen LogP contribution in [0.3, 0.4) is 0 Å². The lowest BCUT2D eigenvalue weighted by atomic mass is 10.1. The monoisotopic (exact) mass is 289 g/mol. The number of nitrogens with one attached hydrogen (secondary N) is 1. The van der Waals surface area contributed by atoms with E-state index in [1.807, 2.05) is 0 Å². The predicted octanol–water partition coefficient (Wildman–Crippen LogP) is 2.70. The Hall–Kier alpha value is -2.11. The summed E-state index contributed by atoms with van der Waals surface area (Å²) in [5.74, 6) is 1.17. The van der Waals surface area contributed by atoms with Gasteiger partial charge in [0.1, 0.15) is 28.3 Å². The van der Waals surface area contributed by atoms with Crippen LogP contribution >= 0.6 is 11.6 Å². The number of H-pyrrole nitrogens is 1. The number of pyridine rings is 1. The average molecular weight is 290 g/mol. The summed E-state index contributed by atoms with van der Waals surface area (Å²) < 4.78 is 5.09. The number of halogens is 1. The number of fused-ring (bicyclic) bond motifs is 1. The van der Waals surface area contributed by atoms with E-state index >= 15 is 0 Å². The van der Waals surface area contributed by atoms with Crippen molar-refractivity contribution >= 4 is 22.8 Å². The number of benzene rings is 1. The number of rotatable bonds is 3. The van der Waals surface area contributed by atoms with Gasteiger partial charge in [-0.2, -0.15) is 0 Å². The number of aliphatic hydroxyl groups excluding tert-OH is 1. The van der Waals surface area contributed by atoms with E-state index in [9.17, 15) is 5.11 Å². The molecule has 0 saturated carbocycles. The van der Waals surface area contributed by atoms with Crippen LogP contribution in [0.4, 0.5) is 0 Å². The molecule has 2 aromatic heterocycles. The first kappa shape index (κ1) is 12.9. The number of imidazole rings is 1. The Bertz CT molecular complexity index is 740. The Labute approximate surface area is 120 Å². The van der Waals surface area contributed by atoms with Gasteiger partial charge in [0.15, 0.2) is 5.65 Å². The van der Waals surface area contributed by atoms with E-state index in [0.717, 1.165) is 11.3 Å². The number of aliphatic hydroxyl groups is 1. The SMILES string of the molecule is COc1ccc(C(O)c2nc3ccc(Cl)nc3[nH]2)cc1.